The van der Waals surface area contributed by atoms with Gasteiger partial charge < -0.3 is 20.2 Å². The van der Waals surface area contributed by atoms with Crippen molar-refractivity contribution in [1.82, 2.24) is 9.80 Å². The minimum Gasteiger partial charge on any atom is -0.483 e. The molecule has 3 saturated heterocycles. The Morgan fingerprint density at radius 1 is 1.07 bits per heavy atom. The van der Waals surface area contributed by atoms with Crippen LogP contribution in [0.15, 0.2) is 24.3 Å². The van der Waals surface area contributed by atoms with Gasteiger partial charge in [-0.2, -0.15) is 0 Å². The molecule has 3 aliphatic rings. The van der Waals surface area contributed by atoms with Crippen LogP contribution in [0.3, 0.4) is 0 Å². The molecule has 3 aliphatic heterocycles. The van der Waals surface area contributed by atoms with Crippen molar-refractivity contribution in [2.45, 2.75) is 50.8 Å². The van der Waals surface area contributed by atoms with Crippen molar-refractivity contribution in [2.75, 3.05) is 26.2 Å². The minimum atomic E-state index is -0.250. The van der Waals surface area contributed by atoms with Crippen LogP contribution in [0.1, 0.15) is 36.8 Å². The van der Waals surface area contributed by atoms with Crippen molar-refractivity contribution in [3.8, 4) is 0 Å². The monoisotopic (exact) mass is 404 g/mol. The quantitative estimate of drug-likeness (QED) is 0.650. The molecule has 4 atom stereocenters. The topological polar surface area (TPSA) is 101 Å². The highest BCUT2D eigenvalue weighted by Gasteiger charge is 2.47. The molecule has 1 amide bonds. The number of carbonyl (C=O) groups excluding carboxylic acids is 1. The van der Waals surface area contributed by atoms with E-state index in [4.69, 9.17) is 15.0 Å². The number of piperidine rings is 3. The first-order valence-electron chi connectivity index (χ1n) is 10.5. The average Bonchev–Trinajstić information content (AvgIpc) is 2.75. The van der Waals surface area contributed by atoms with E-state index < -0.39 is 0 Å². The normalized spacial score (nSPS) is 28.7. The lowest BCUT2D eigenvalue weighted by molar-refractivity contribution is -0.141. The molecule has 7 heteroatoms. The standard InChI is InChI=1S/C21H30N2O3.CH2O2/c24-13-16-6-4-15(5-7-16)9-21(26)22-11-17-10-18(12-22)20(14-25)23-8-2-1-3-19(17)23;2-1-3/h4-7,17-20,24-25H,1-3,8-14H2;1H,(H,2,3)/t17-,18+,19+,20+;/m1./s1. The highest BCUT2D eigenvalue weighted by Crippen LogP contribution is 2.41. The molecule has 3 fully saturated rings. The Morgan fingerprint density at radius 2 is 1.72 bits per heavy atom. The number of carbonyl (C=O) groups is 2. The first-order chi connectivity index (χ1) is 14.1. The molecular formula is C22H32N2O5. The van der Waals surface area contributed by atoms with E-state index in [1.54, 1.807) is 0 Å². The summed E-state index contributed by atoms with van der Waals surface area (Å²) in [6, 6.07) is 8.40. The molecule has 29 heavy (non-hydrogen) atoms. The molecule has 1 aromatic carbocycles. The molecule has 0 saturated carbocycles. The molecule has 7 nitrogen and oxygen atoms in total. The van der Waals surface area contributed by atoms with Crippen LogP contribution in [-0.2, 0) is 22.6 Å². The van der Waals surface area contributed by atoms with Crippen molar-refractivity contribution in [1.29, 1.82) is 0 Å². The van der Waals surface area contributed by atoms with Crippen LogP contribution in [0.25, 0.3) is 0 Å². The van der Waals surface area contributed by atoms with Gasteiger partial charge in [0, 0.05) is 25.2 Å². The molecule has 4 rings (SSSR count). The number of aliphatic hydroxyl groups is 2. The van der Waals surface area contributed by atoms with Crippen LogP contribution in [0, 0.1) is 11.8 Å². The summed E-state index contributed by atoms with van der Waals surface area (Å²) in [5.41, 5.74) is 1.87. The molecule has 3 N–H and O–H groups in total. The molecule has 0 unspecified atom stereocenters. The van der Waals surface area contributed by atoms with Gasteiger partial charge in [0.05, 0.1) is 19.6 Å². The fourth-order valence-corrected chi connectivity index (χ4v) is 5.41. The van der Waals surface area contributed by atoms with E-state index >= 15 is 0 Å². The van der Waals surface area contributed by atoms with Gasteiger partial charge in [0.2, 0.25) is 5.91 Å². The van der Waals surface area contributed by atoms with Gasteiger partial charge in [-0.3, -0.25) is 14.5 Å². The predicted molar refractivity (Wildman–Crippen MR) is 108 cm³/mol. The lowest BCUT2D eigenvalue weighted by Crippen LogP contribution is -2.65. The smallest absolute Gasteiger partial charge is 0.290 e. The molecule has 1 aromatic rings. The predicted octanol–water partition coefficient (Wildman–Crippen LogP) is 1.12. The van der Waals surface area contributed by atoms with E-state index in [0.29, 0.717) is 24.3 Å². The Bertz CT molecular complexity index is 666. The van der Waals surface area contributed by atoms with Crippen LogP contribution < -0.4 is 0 Å². The second-order valence-corrected chi connectivity index (χ2v) is 8.36. The number of hydrogen-bond donors (Lipinski definition) is 3. The maximum absolute atomic E-state index is 12.9. The van der Waals surface area contributed by atoms with Crippen LogP contribution in [-0.4, -0.2) is 75.8 Å². The van der Waals surface area contributed by atoms with Gasteiger partial charge in [-0.05, 0) is 48.8 Å². The van der Waals surface area contributed by atoms with Crippen molar-refractivity contribution in [3.05, 3.63) is 35.4 Å². The summed E-state index contributed by atoms with van der Waals surface area (Å²) >= 11 is 0. The second kappa shape index (κ2) is 10.2. The first-order valence-corrected chi connectivity index (χ1v) is 10.5. The van der Waals surface area contributed by atoms with Crippen molar-refractivity contribution in [2.24, 2.45) is 11.8 Å². The molecule has 0 radical (unpaired) electrons. The van der Waals surface area contributed by atoms with Crippen molar-refractivity contribution < 1.29 is 24.9 Å². The first kappa shape index (κ1) is 21.7. The van der Waals surface area contributed by atoms with Gasteiger partial charge in [-0.15, -0.1) is 0 Å². The van der Waals surface area contributed by atoms with Gasteiger partial charge in [0.15, 0.2) is 0 Å². The maximum atomic E-state index is 12.9. The summed E-state index contributed by atoms with van der Waals surface area (Å²) in [4.78, 5) is 25.9. The summed E-state index contributed by atoms with van der Waals surface area (Å²) in [6.45, 7) is 2.73. The second-order valence-electron chi connectivity index (χ2n) is 8.36. The summed E-state index contributed by atoms with van der Waals surface area (Å²) in [7, 11) is 0. The Kier molecular flexibility index (Phi) is 7.64. The van der Waals surface area contributed by atoms with Gasteiger partial charge in [-0.25, -0.2) is 0 Å². The number of hydrogen-bond acceptors (Lipinski definition) is 5. The van der Waals surface area contributed by atoms with E-state index in [9.17, 15) is 9.90 Å². The van der Waals surface area contributed by atoms with Crippen LogP contribution in [0.4, 0.5) is 0 Å². The van der Waals surface area contributed by atoms with Gasteiger partial charge >= 0.3 is 0 Å². The fraction of sp³-hybridized carbons (Fsp3) is 0.636. The van der Waals surface area contributed by atoms with E-state index in [-0.39, 0.29) is 31.6 Å². The third-order valence-corrected chi connectivity index (χ3v) is 6.72. The molecule has 0 spiro atoms. The zero-order valence-corrected chi connectivity index (χ0v) is 16.8. The number of rotatable bonds is 4. The molecule has 3 heterocycles. The molecule has 160 valence electrons. The number of benzene rings is 1. The lowest BCUT2D eigenvalue weighted by Gasteiger charge is -2.56. The highest BCUT2D eigenvalue weighted by molar-refractivity contribution is 5.79. The van der Waals surface area contributed by atoms with Crippen LogP contribution in [0.2, 0.25) is 0 Å². The number of amides is 1. The zero-order valence-electron chi connectivity index (χ0n) is 16.8. The zero-order chi connectivity index (χ0) is 20.8. The lowest BCUT2D eigenvalue weighted by atomic mass is 9.72. The summed E-state index contributed by atoms with van der Waals surface area (Å²) in [5, 5.41) is 26.0. The summed E-state index contributed by atoms with van der Waals surface area (Å²) in [6.07, 6.45) is 5.29. The molecule has 2 bridgehead atoms. The molecule has 0 aliphatic carbocycles. The molecule has 0 aromatic heterocycles. The third kappa shape index (κ3) is 4.97. The van der Waals surface area contributed by atoms with Crippen LogP contribution >= 0.6 is 0 Å². The molecular weight excluding hydrogens is 372 g/mol. The van der Waals surface area contributed by atoms with Gasteiger partial charge in [0.1, 0.15) is 0 Å². The fourth-order valence-electron chi connectivity index (χ4n) is 5.41. The van der Waals surface area contributed by atoms with Crippen molar-refractivity contribution in [3.63, 3.8) is 0 Å². The Morgan fingerprint density at radius 3 is 2.38 bits per heavy atom. The van der Waals surface area contributed by atoms with Gasteiger partial charge in [-0.1, -0.05) is 30.7 Å². The Labute approximate surface area is 171 Å². The summed E-state index contributed by atoms with van der Waals surface area (Å²) < 4.78 is 0. The number of likely N-dealkylation sites (tertiary alicyclic amines) is 1. The van der Waals surface area contributed by atoms with E-state index in [0.717, 1.165) is 37.2 Å². The van der Waals surface area contributed by atoms with E-state index in [2.05, 4.69) is 4.90 Å². The maximum Gasteiger partial charge on any atom is 0.290 e. The SMILES string of the molecule is O=C(Cc1ccc(CO)cc1)N1C[C@H]2C[C@@H](C1)[C@H](CO)N1CCCC[C@@H]21.O=CO. The number of carboxylic acid groups (broad SMARTS) is 1. The summed E-state index contributed by atoms with van der Waals surface area (Å²) in [5.74, 6) is 1.14. The van der Waals surface area contributed by atoms with Crippen LogP contribution in [0.5, 0.6) is 0 Å². The number of nitrogens with zero attached hydrogens (tertiary/aromatic N) is 2. The van der Waals surface area contributed by atoms with E-state index in [1.807, 2.05) is 29.2 Å². The third-order valence-electron chi connectivity index (χ3n) is 6.72. The Balaban J connectivity index is 0.000000755. The number of aliphatic hydroxyl groups excluding tert-OH is 2. The highest BCUT2D eigenvalue weighted by atomic mass is 16.3. The minimum absolute atomic E-state index is 0.0319. The van der Waals surface area contributed by atoms with Gasteiger partial charge in [0.25, 0.3) is 6.47 Å². The average molecular weight is 405 g/mol. The number of fused-ring (bicyclic) bond motifs is 4. The van der Waals surface area contributed by atoms with E-state index in [1.165, 1.54) is 19.3 Å². The largest absolute Gasteiger partial charge is 0.483 e. The Hall–Kier alpha value is -1.96. The van der Waals surface area contributed by atoms with Crippen molar-refractivity contribution >= 4 is 12.4 Å².